The normalized spacial score (nSPS) is 16.7. The minimum Gasteiger partial charge on any atom is -0.504 e. The number of methoxy groups -OCH3 is 2. The molecule has 0 atom stereocenters. The van der Waals surface area contributed by atoms with Crippen LogP contribution in [-0.2, 0) is 0 Å². The molecule has 1 fully saturated rings. The lowest BCUT2D eigenvalue weighted by Crippen LogP contribution is -2.09. The Labute approximate surface area is 114 Å². The summed E-state index contributed by atoms with van der Waals surface area (Å²) in [5, 5.41) is 9.87. The van der Waals surface area contributed by atoms with E-state index in [-0.39, 0.29) is 5.75 Å². The van der Waals surface area contributed by atoms with Gasteiger partial charge in [0.15, 0.2) is 11.5 Å². The predicted molar refractivity (Wildman–Crippen MR) is 75.7 cm³/mol. The average molecular weight is 263 g/mol. The van der Waals surface area contributed by atoms with Crippen molar-refractivity contribution < 1.29 is 14.6 Å². The Morgan fingerprint density at radius 2 is 1.89 bits per heavy atom. The van der Waals surface area contributed by atoms with E-state index < -0.39 is 0 Å². The van der Waals surface area contributed by atoms with Gasteiger partial charge in [-0.2, -0.15) is 0 Å². The number of aliphatic imine (C=N–C) groups is 1. The Hall–Kier alpha value is -1.71. The molecule has 2 rings (SSSR count). The number of aromatic hydroxyl groups is 1. The number of phenolic OH excluding ortho intramolecular Hbond substituents is 1. The van der Waals surface area contributed by atoms with Gasteiger partial charge in [0.2, 0.25) is 5.75 Å². The Bertz CT molecular complexity index is 451. The van der Waals surface area contributed by atoms with Gasteiger partial charge in [0.25, 0.3) is 0 Å². The molecule has 1 aliphatic rings. The Morgan fingerprint density at radius 1 is 1.16 bits per heavy atom. The molecule has 4 heteroatoms. The minimum atomic E-state index is 0.0759. The van der Waals surface area contributed by atoms with Gasteiger partial charge in [0, 0.05) is 12.3 Å². The average Bonchev–Trinajstić information content (AvgIpc) is 2.45. The fraction of sp³-hybridized carbons (Fsp3) is 0.533. The molecule has 1 aliphatic carbocycles. The van der Waals surface area contributed by atoms with Crippen LogP contribution in [0.5, 0.6) is 17.2 Å². The third kappa shape index (κ3) is 3.40. The Balaban J connectivity index is 2.15. The molecule has 0 aliphatic heterocycles. The highest BCUT2D eigenvalue weighted by Crippen LogP contribution is 2.37. The molecule has 0 amide bonds. The number of nitrogens with zero attached hydrogens (tertiary/aromatic N) is 1. The standard InChI is InChI=1S/C15H21NO3/c1-18-14-9-11(8-13(17)15(14)19-2)10-16-12-6-4-3-5-7-12/h8-10,12,17H,3-7H2,1-2H3. The maximum atomic E-state index is 9.87. The van der Waals surface area contributed by atoms with Crippen LogP contribution in [0.25, 0.3) is 0 Å². The smallest absolute Gasteiger partial charge is 0.203 e. The lowest BCUT2D eigenvalue weighted by Gasteiger charge is -2.17. The van der Waals surface area contributed by atoms with Gasteiger partial charge in [-0.1, -0.05) is 19.3 Å². The van der Waals surface area contributed by atoms with E-state index in [9.17, 15) is 5.11 Å². The van der Waals surface area contributed by atoms with E-state index in [1.54, 1.807) is 13.2 Å². The summed E-state index contributed by atoms with van der Waals surface area (Å²) >= 11 is 0. The van der Waals surface area contributed by atoms with Crippen molar-refractivity contribution in [2.75, 3.05) is 14.2 Å². The summed E-state index contributed by atoms with van der Waals surface area (Å²) in [6.07, 6.45) is 7.99. The summed E-state index contributed by atoms with van der Waals surface area (Å²) in [7, 11) is 3.06. The molecule has 1 saturated carbocycles. The fourth-order valence-corrected chi connectivity index (χ4v) is 2.46. The summed E-state index contributed by atoms with van der Waals surface area (Å²) in [6.45, 7) is 0. The number of benzene rings is 1. The van der Waals surface area contributed by atoms with E-state index >= 15 is 0 Å². The van der Waals surface area contributed by atoms with Crippen molar-refractivity contribution >= 4 is 6.21 Å². The second-order valence-corrected chi connectivity index (χ2v) is 4.85. The highest BCUT2D eigenvalue weighted by molar-refractivity contribution is 5.82. The van der Waals surface area contributed by atoms with E-state index in [0.29, 0.717) is 17.5 Å². The first-order chi connectivity index (χ1) is 9.24. The van der Waals surface area contributed by atoms with Crippen molar-refractivity contribution in [3.05, 3.63) is 17.7 Å². The molecule has 0 saturated heterocycles. The first-order valence-electron chi connectivity index (χ1n) is 6.72. The second kappa shape index (κ2) is 6.45. The van der Waals surface area contributed by atoms with Crippen LogP contribution in [0.3, 0.4) is 0 Å². The fourth-order valence-electron chi connectivity index (χ4n) is 2.46. The van der Waals surface area contributed by atoms with Gasteiger partial charge in [0.1, 0.15) is 0 Å². The molecule has 1 aromatic rings. The van der Waals surface area contributed by atoms with Crippen LogP contribution in [0.2, 0.25) is 0 Å². The molecule has 0 aromatic heterocycles. The van der Waals surface area contributed by atoms with Gasteiger partial charge >= 0.3 is 0 Å². The molecule has 4 nitrogen and oxygen atoms in total. The summed E-state index contributed by atoms with van der Waals surface area (Å²) in [4.78, 5) is 4.59. The first kappa shape index (κ1) is 13.7. The number of rotatable bonds is 4. The van der Waals surface area contributed by atoms with Crippen LogP contribution in [0.15, 0.2) is 17.1 Å². The topological polar surface area (TPSA) is 51.0 Å². The van der Waals surface area contributed by atoms with Crippen molar-refractivity contribution in [2.45, 2.75) is 38.1 Å². The van der Waals surface area contributed by atoms with E-state index in [1.165, 1.54) is 26.4 Å². The Morgan fingerprint density at radius 3 is 2.53 bits per heavy atom. The lowest BCUT2D eigenvalue weighted by atomic mass is 9.96. The van der Waals surface area contributed by atoms with Crippen molar-refractivity contribution in [1.29, 1.82) is 0 Å². The summed E-state index contributed by atoms with van der Waals surface area (Å²) in [5.41, 5.74) is 0.834. The number of hydrogen-bond donors (Lipinski definition) is 1. The largest absolute Gasteiger partial charge is 0.504 e. The second-order valence-electron chi connectivity index (χ2n) is 4.85. The third-order valence-electron chi connectivity index (χ3n) is 3.49. The zero-order valence-electron chi connectivity index (χ0n) is 11.6. The van der Waals surface area contributed by atoms with Crippen molar-refractivity contribution in [1.82, 2.24) is 0 Å². The number of ether oxygens (including phenoxy) is 2. The van der Waals surface area contributed by atoms with Gasteiger partial charge in [0.05, 0.1) is 14.2 Å². The van der Waals surface area contributed by atoms with Crippen LogP contribution in [0, 0.1) is 0 Å². The van der Waals surface area contributed by atoms with Crippen LogP contribution >= 0.6 is 0 Å². The van der Waals surface area contributed by atoms with Crippen LogP contribution in [0.1, 0.15) is 37.7 Å². The molecule has 0 unspecified atom stereocenters. The van der Waals surface area contributed by atoms with E-state index in [0.717, 1.165) is 18.4 Å². The lowest BCUT2D eigenvalue weighted by molar-refractivity contribution is 0.333. The molecule has 0 spiro atoms. The summed E-state index contributed by atoms with van der Waals surface area (Å²) in [5.74, 6) is 0.955. The van der Waals surface area contributed by atoms with Crippen molar-refractivity contribution in [2.24, 2.45) is 4.99 Å². The maximum absolute atomic E-state index is 9.87. The predicted octanol–water partition coefficient (Wildman–Crippen LogP) is 3.16. The van der Waals surface area contributed by atoms with Gasteiger partial charge in [-0.15, -0.1) is 0 Å². The van der Waals surface area contributed by atoms with Crippen molar-refractivity contribution in [3.8, 4) is 17.2 Å². The first-order valence-corrected chi connectivity index (χ1v) is 6.72. The van der Waals surface area contributed by atoms with Gasteiger partial charge in [-0.25, -0.2) is 0 Å². The van der Waals surface area contributed by atoms with E-state index in [1.807, 2.05) is 12.3 Å². The molecule has 19 heavy (non-hydrogen) atoms. The van der Waals surface area contributed by atoms with Crippen LogP contribution in [-0.4, -0.2) is 31.6 Å². The molecular weight excluding hydrogens is 242 g/mol. The molecule has 1 N–H and O–H groups in total. The molecule has 104 valence electrons. The molecule has 1 aromatic carbocycles. The van der Waals surface area contributed by atoms with Crippen LogP contribution in [0.4, 0.5) is 0 Å². The summed E-state index contributed by atoms with van der Waals surface area (Å²) < 4.78 is 10.3. The monoisotopic (exact) mass is 263 g/mol. The Kier molecular flexibility index (Phi) is 4.66. The SMILES string of the molecule is COc1cc(C=NC2CCCCC2)cc(O)c1OC. The number of hydrogen-bond acceptors (Lipinski definition) is 4. The summed E-state index contributed by atoms with van der Waals surface area (Å²) in [6, 6.07) is 3.89. The maximum Gasteiger partial charge on any atom is 0.203 e. The molecular formula is C15H21NO3. The molecule has 0 heterocycles. The number of phenols is 1. The van der Waals surface area contributed by atoms with Gasteiger partial charge in [-0.05, 0) is 30.5 Å². The van der Waals surface area contributed by atoms with Gasteiger partial charge in [-0.3, -0.25) is 4.99 Å². The van der Waals surface area contributed by atoms with E-state index in [2.05, 4.69) is 4.99 Å². The van der Waals surface area contributed by atoms with E-state index in [4.69, 9.17) is 9.47 Å². The molecule has 0 radical (unpaired) electrons. The van der Waals surface area contributed by atoms with Crippen molar-refractivity contribution in [3.63, 3.8) is 0 Å². The highest BCUT2D eigenvalue weighted by atomic mass is 16.5. The highest BCUT2D eigenvalue weighted by Gasteiger charge is 2.13. The van der Waals surface area contributed by atoms with Gasteiger partial charge < -0.3 is 14.6 Å². The minimum absolute atomic E-state index is 0.0759. The molecule has 0 bridgehead atoms. The quantitative estimate of drug-likeness (QED) is 0.849. The third-order valence-corrected chi connectivity index (χ3v) is 3.49. The zero-order chi connectivity index (χ0) is 13.7. The zero-order valence-corrected chi connectivity index (χ0v) is 11.6. The van der Waals surface area contributed by atoms with Crippen LogP contribution < -0.4 is 9.47 Å².